The lowest BCUT2D eigenvalue weighted by Gasteiger charge is -2.25. The first-order valence-corrected chi connectivity index (χ1v) is 7.14. The number of aromatic nitrogens is 1. The SMILES string of the molecule is COC(=O)c1ccc2cc3n(c2c1)C(=O)CCC3CC(F)(F)F. The summed E-state index contributed by atoms with van der Waals surface area (Å²) in [6, 6.07) is 6.23. The summed E-state index contributed by atoms with van der Waals surface area (Å²) in [5.74, 6) is -1.56. The Morgan fingerprint density at radius 2 is 2.09 bits per heavy atom. The van der Waals surface area contributed by atoms with E-state index in [-0.39, 0.29) is 24.3 Å². The fraction of sp³-hybridized carbons (Fsp3) is 0.375. The van der Waals surface area contributed by atoms with Crippen molar-refractivity contribution in [2.75, 3.05) is 7.11 Å². The fourth-order valence-corrected chi connectivity index (χ4v) is 3.09. The highest BCUT2D eigenvalue weighted by Gasteiger charge is 2.37. The quantitative estimate of drug-likeness (QED) is 0.787. The minimum Gasteiger partial charge on any atom is -0.465 e. The van der Waals surface area contributed by atoms with Crippen molar-refractivity contribution in [2.45, 2.75) is 31.4 Å². The molecule has 0 saturated carbocycles. The van der Waals surface area contributed by atoms with Crippen LogP contribution in [0.15, 0.2) is 24.3 Å². The number of hydrogen-bond acceptors (Lipinski definition) is 3. The maximum atomic E-state index is 12.7. The molecule has 0 amide bonds. The molecular weight excluding hydrogens is 311 g/mol. The molecular formula is C16H14F3NO3. The first-order valence-electron chi connectivity index (χ1n) is 7.14. The number of esters is 1. The fourth-order valence-electron chi connectivity index (χ4n) is 3.09. The second kappa shape index (κ2) is 5.40. The third-order valence-corrected chi connectivity index (χ3v) is 4.11. The molecule has 0 radical (unpaired) electrons. The first-order chi connectivity index (χ1) is 10.8. The minimum absolute atomic E-state index is 0.0555. The molecule has 0 saturated heterocycles. The normalized spacial score (nSPS) is 18.1. The molecule has 23 heavy (non-hydrogen) atoms. The number of methoxy groups -OCH3 is 1. The van der Waals surface area contributed by atoms with Gasteiger partial charge in [0.05, 0.1) is 24.6 Å². The first kappa shape index (κ1) is 15.6. The number of fused-ring (bicyclic) bond motifs is 3. The van der Waals surface area contributed by atoms with Crippen LogP contribution < -0.4 is 0 Å². The van der Waals surface area contributed by atoms with Gasteiger partial charge in [-0.25, -0.2) is 4.79 Å². The smallest absolute Gasteiger partial charge is 0.389 e. The number of nitrogens with zero attached hydrogens (tertiary/aromatic N) is 1. The second-order valence-corrected chi connectivity index (χ2v) is 5.62. The molecule has 0 bridgehead atoms. The van der Waals surface area contributed by atoms with Crippen LogP contribution in [0, 0.1) is 0 Å². The molecule has 1 aromatic carbocycles. The molecule has 1 unspecified atom stereocenters. The van der Waals surface area contributed by atoms with Crippen LogP contribution in [0.4, 0.5) is 13.2 Å². The molecule has 1 atom stereocenters. The van der Waals surface area contributed by atoms with E-state index in [1.807, 2.05) is 0 Å². The maximum Gasteiger partial charge on any atom is 0.389 e. The molecule has 0 aliphatic carbocycles. The van der Waals surface area contributed by atoms with Crippen molar-refractivity contribution in [1.82, 2.24) is 4.57 Å². The highest BCUT2D eigenvalue weighted by Crippen LogP contribution is 2.39. The number of benzene rings is 1. The van der Waals surface area contributed by atoms with Crippen LogP contribution in [0.25, 0.3) is 10.9 Å². The summed E-state index contributed by atoms with van der Waals surface area (Å²) in [5.41, 5.74) is 1.06. The second-order valence-electron chi connectivity index (χ2n) is 5.62. The van der Waals surface area contributed by atoms with Crippen molar-refractivity contribution in [3.05, 3.63) is 35.5 Å². The lowest BCUT2D eigenvalue weighted by Crippen LogP contribution is -2.25. The van der Waals surface area contributed by atoms with Crippen molar-refractivity contribution in [3.8, 4) is 0 Å². The molecule has 2 heterocycles. The molecule has 1 aliphatic heterocycles. The van der Waals surface area contributed by atoms with Crippen LogP contribution in [-0.4, -0.2) is 29.7 Å². The molecule has 0 spiro atoms. The van der Waals surface area contributed by atoms with E-state index in [9.17, 15) is 22.8 Å². The van der Waals surface area contributed by atoms with Crippen LogP contribution in [0.1, 0.15) is 46.0 Å². The van der Waals surface area contributed by atoms with E-state index in [2.05, 4.69) is 4.74 Å². The van der Waals surface area contributed by atoms with Gasteiger partial charge in [0, 0.05) is 23.4 Å². The Morgan fingerprint density at radius 3 is 2.74 bits per heavy atom. The number of rotatable bonds is 2. The van der Waals surface area contributed by atoms with Gasteiger partial charge in [-0.3, -0.25) is 9.36 Å². The van der Waals surface area contributed by atoms with Crippen molar-refractivity contribution >= 4 is 22.8 Å². The summed E-state index contributed by atoms with van der Waals surface area (Å²) in [6.45, 7) is 0. The summed E-state index contributed by atoms with van der Waals surface area (Å²) < 4.78 is 44.2. The Labute approximate surface area is 129 Å². The molecule has 0 N–H and O–H groups in total. The Kier molecular flexibility index (Phi) is 3.66. The maximum absolute atomic E-state index is 12.7. The molecule has 2 aromatic rings. The lowest BCUT2D eigenvalue weighted by molar-refractivity contribution is -0.139. The van der Waals surface area contributed by atoms with Crippen LogP contribution >= 0.6 is 0 Å². The van der Waals surface area contributed by atoms with E-state index in [1.165, 1.54) is 23.8 Å². The van der Waals surface area contributed by atoms with E-state index in [0.717, 1.165) is 0 Å². The van der Waals surface area contributed by atoms with Gasteiger partial charge in [0.25, 0.3) is 0 Å². The molecule has 122 valence electrons. The van der Waals surface area contributed by atoms with E-state index in [1.54, 1.807) is 12.1 Å². The standard InChI is InChI=1S/C16H14F3NO3/c1-23-15(22)10-3-2-9-6-13-11(8-16(17,18)19)4-5-14(21)20(13)12(9)7-10/h2-3,6-7,11H,4-5,8H2,1H3. The number of carbonyl (C=O) groups is 2. The third kappa shape index (κ3) is 2.83. The average molecular weight is 325 g/mol. The topological polar surface area (TPSA) is 48.3 Å². The highest BCUT2D eigenvalue weighted by molar-refractivity contribution is 5.99. The van der Waals surface area contributed by atoms with Gasteiger partial charge in [-0.2, -0.15) is 13.2 Å². The van der Waals surface area contributed by atoms with Gasteiger partial charge in [0.15, 0.2) is 0 Å². The summed E-state index contributed by atoms with van der Waals surface area (Å²) in [7, 11) is 1.24. The highest BCUT2D eigenvalue weighted by atomic mass is 19.4. The number of ether oxygens (including phenoxy) is 1. The molecule has 0 fully saturated rings. The Morgan fingerprint density at radius 1 is 1.35 bits per heavy atom. The van der Waals surface area contributed by atoms with Crippen LogP contribution in [0.2, 0.25) is 0 Å². The van der Waals surface area contributed by atoms with Crippen molar-refractivity contribution in [2.24, 2.45) is 0 Å². The number of hydrogen-bond donors (Lipinski definition) is 0. The predicted octanol–water partition coefficient (Wildman–Crippen LogP) is 3.90. The van der Waals surface area contributed by atoms with Crippen LogP contribution in [-0.2, 0) is 4.74 Å². The minimum atomic E-state index is -4.29. The number of carbonyl (C=O) groups excluding carboxylic acids is 2. The Hall–Kier alpha value is -2.31. The zero-order chi connectivity index (χ0) is 16.8. The van der Waals surface area contributed by atoms with E-state index in [0.29, 0.717) is 16.6 Å². The van der Waals surface area contributed by atoms with Crippen molar-refractivity contribution < 1.29 is 27.5 Å². The summed E-state index contributed by atoms with van der Waals surface area (Å²) in [5, 5.41) is 0.634. The van der Waals surface area contributed by atoms with Gasteiger partial charge in [0.1, 0.15) is 0 Å². The van der Waals surface area contributed by atoms with Gasteiger partial charge in [0.2, 0.25) is 5.91 Å². The van der Waals surface area contributed by atoms with Gasteiger partial charge in [-0.05, 0) is 24.6 Å². The average Bonchev–Trinajstić information content (AvgIpc) is 2.87. The zero-order valence-electron chi connectivity index (χ0n) is 12.3. The summed E-state index contributed by atoms with van der Waals surface area (Å²) >= 11 is 0. The summed E-state index contributed by atoms with van der Waals surface area (Å²) in [6.07, 6.45) is -5.01. The lowest BCUT2D eigenvalue weighted by atomic mass is 9.92. The summed E-state index contributed by atoms with van der Waals surface area (Å²) in [4.78, 5) is 23.8. The van der Waals surface area contributed by atoms with Gasteiger partial charge in [-0.1, -0.05) is 6.07 Å². The van der Waals surface area contributed by atoms with Gasteiger partial charge >= 0.3 is 12.1 Å². The van der Waals surface area contributed by atoms with E-state index >= 15 is 0 Å². The molecule has 1 aromatic heterocycles. The van der Waals surface area contributed by atoms with Crippen molar-refractivity contribution in [1.29, 1.82) is 0 Å². The van der Waals surface area contributed by atoms with Gasteiger partial charge in [-0.15, -0.1) is 0 Å². The largest absolute Gasteiger partial charge is 0.465 e. The monoisotopic (exact) mass is 325 g/mol. The zero-order valence-corrected chi connectivity index (χ0v) is 12.3. The molecule has 7 heteroatoms. The van der Waals surface area contributed by atoms with E-state index in [4.69, 9.17) is 0 Å². The third-order valence-electron chi connectivity index (χ3n) is 4.11. The van der Waals surface area contributed by atoms with Crippen LogP contribution in [0.5, 0.6) is 0 Å². The Balaban J connectivity index is 2.13. The number of alkyl halides is 3. The molecule has 4 nitrogen and oxygen atoms in total. The molecule has 1 aliphatic rings. The van der Waals surface area contributed by atoms with E-state index < -0.39 is 24.5 Å². The predicted molar refractivity (Wildman–Crippen MR) is 76.6 cm³/mol. The molecule has 3 rings (SSSR count). The number of halogens is 3. The Bertz CT molecular complexity index is 792. The van der Waals surface area contributed by atoms with Crippen LogP contribution in [0.3, 0.4) is 0 Å². The van der Waals surface area contributed by atoms with Gasteiger partial charge < -0.3 is 4.74 Å². The van der Waals surface area contributed by atoms with Crippen molar-refractivity contribution in [3.63, 3.8) is 0 Å².